The first-order chi connectivity index (χ1) is 10.1. The molecule has 0 fully saturated rings. The van der Waals surface area contributed by atoms with Gasteiger partial charge in [0.05, 0.1) is 7.11 Å². The molecule has 1 N–H and O–H groups in total. The van der Waals surface area contributed by atoms with Gasteiger partial charge >= 0.3 is 12.1 Å². The van der Waals surface area contributed by atoms with Crippen LogP contribution in [0.1, 0.15) is 26.3 Å². The van der Waals surface area contributed by atoms with Crippen molar-refractivity contribution in [2.75, 3.05) is 7.11 Å². The summed E-state index contributed by atoms with van der Waals surface area (Å²) < 4.78 is 35.8. The van der Waals surface area contributed by atoms with E-state index in [4.69, 9.17) is 4.74 Å². The number of carbonyl (C=O) groups excluding carboxylic acids is 2. The molecule has 0 saturated carbocycles. The van der Waals surface area contributed by atoms with Crippen molar-refractivity contribution in [3.63, 3.8) is 0 Å². The lowest BCUT2D eigenvalue weighted by atomic mass is 10.2. The maximum atomic E-state index is 13.1. The van der Waals surface area contributed by atoms with Crippen molar-refractivity contribution in [1.82, 2.24) is 5.32 Å². The smallest absolute Gasteiger partial charge is 0.412 e. The quantitative estimate of drug-likeness (QED) is 0.688. The number of amides is 1. The number of ether oxygens (including phenoxy) is 2. The fourth-order valence-corrected chi connectivity index (χ4v) is 1.49. The van der Waals surface area contributed by atoms with Gasteiger partial charge in [0.15, 0.2) is 0 Å². The van der Waals surface area contributed by atoms with E-state index in [2.05, 4.69) is 10.1 Å². The highest BCUT2D eigenvalue weighted by Crippen LogP contribution is 2.13. The van der Waals surface area contributed by atoms with Crippen molar-refractivity contribution < 1.29 is 27.8 Å². The Labute approximate surface area is 126 Å². The van der Waals surface area contributed by atoms with E-state index in [1.807, 2.05) is 0 Å². The topological polar surface area (TPSA) is 64.6 Å². The fourth-order valence-electron chi connectivity index (χ4n) is 1.49. The minimum atomic E-state index is -0.888. The van der Waals surface area contributed by atoms with Gasteiger partial charge in [0.2, 0.25) is 0 Å². The van der Waals surface area contributed by atoms with Crippen LogP contribution in [0.5, 0.6) is 0 Å². The molecule has 0 atom stereocenters. The lowest BCUT2D eigenvalue weighted by Gasteiger charge is -2.20. The van der Waals surface area contributed by atoms with E-state index in [1.165, 1.54) is 0 Å². The molecule has 0 spiro atoms. The van der Waals surface area contributed by atoms with Crippen molar-refractivity contribution >= 4 is 18.1 Å². The second-order valence-corrected chi connectivity index (χ2v) is 5.38. The Kier molecular flexibility index (Phi) is 5.62. The molecule has 1 aromatic rings. The molecule has 0 aliphatic rings. The second kappa shape index (κ2) is 7.02. The van der Waals surface area contributed by atoms with Crippen LogP contribution in [-0.4, -0.2) is 24.8 Å². The van der Waals surface area contributed by atoms with E-state index in [9.17, 15) is 18.4 Å². The maximum Gasteiger partial charge on any atom is 0.412 e. The highest BCUT2D eigenvalue weighted by Gasteiger charge is 2.20. The molecule has 0 radical (unpaired) electrons. The predicted molar refractivity (Wildman–Crippen MR) is 75.7 cm³/mol. The first-order valence-electron chi connectivity index (χ1n) is 6.37. The van der Waals surface area contributed by atoms with Crippen molar-refractivity contribution in [2.24, 2.45) is 0 Å². The minimum Gasteiger partial charge on any atom is -0.464 e. The standard InChI is InChI=1S/C15H17F2NO4/c1-15(2,3)22-14(20)18-12(13(19)21-4)7-9-5-10(16)8-11(17)6-9/h5-8H,1-4H3,(H,18,20)/b12-7-. The van der Waals surface area contributed by atoms with E-state index in [0.29, 0.717) is 6.07 Å². The molecule has 1 rings (SSSR count). The first kappa shape index (κ1) is 17.6. The molecule has 0 unspecified atom stereocenters. The van der Waals surface area contributed by atoms with Crippen LogP contribution in [0.3, 0.4) is 0 Å². The molecule has 22 heavy (non-hydrogen) atoms. The van der Waals surface area contributed by atoms with Gasteiger partial charge in [-0.25, -0.2) is 18.4 Å². The SMILES string of the molecule is COC(=O)/C(=C/c1cc(F)cc(F)c1)NC(=O)OC(C)(C)C. The largest absolute Gasteiger partial charge is 0.464 e. The van der Waals surface area contributed by atoms with E-state index in [-0.39, 0.29) is 11.3 Å². The summed E-state index contributed by atoms with van der Waals surface area (Å²) in [5.41, 5.74) is -1.02. The molecule has 120 valence electrons. The third-order valence-corrected chi connectivity index (χ3v) is 2.24. The zero-order valence-electron chi connectivity index (χ0n) is 12.7. The Morgan fingerprint density at radius 3 is 2.14 bits per heavy atom. The zero-order chi connectivity index (χ0) is 16.9. The lowest BCUT2D eigenvalue weighted by molar-refractivity contribution is -0.136. The summed E-state index contributed by atoms with van der Waals surface area (Å²) in [7, 11) is 1.11. The molecule has 0 bridgehead atoms. The Morgan fingerprint density at radius 1 is 1.14 bits per heavy atom. The number of esters is 1. The van der Waals surface area contributed by atoms with E-state index < -0.39 is 29.3 Å². The molecule has 0 saturated heterocycles. The number of methoxy groups -OCH3 is 1. The molecule has 0 aromatic heterocycles. The van der Waals surface area contributed by atoms with Crippen LogP contribution in [0.4, 0.5) is 13.6 Å². The highest BCUT2D eigenvalue weighted by atomic mass is 19.1. The van der Waals surface area contributed by atoms with Crippen LogP contribution in [0.25, 0.3) is 6.08 Å². The van der Waals surface area contributed by atoms with Crippen molar-refractivity contribution in [3.8, 4) is 0 Å². The number of hydrogen-bond acceptors (Lipinski definition) is 4. The van der Waals surface area contributed by atoms with E-state index in [0.717, 1.165) is 25.3 Å². The van der Waals surface area contributed by atoms with Gasteiger partial charge in [-0.2, -0.15) is 0 Å². The van der Waals surface area contributed by atoms with Crippen LogP contribution in [0.2, 0.25) is 0 Å². The third kappa shape index (κ3) is 5.90. The van der Waals surface area contributed by atoms with Gasteiger partial charge < -0.3 is 9.47 Å². The first-order valence-corrected chi connectivity index (χ1v) is 6.37. The highest BCUT2D eigenvalue weighted by molar-refractivity contribution is 5.96. The summed E-state index contributed by atoms with van der Waals surface area (Å²) in [4.78, 5) is 23.3. The van der Waals surface area contributed by atoms with Gasteiger partial charge in [-0.3, -0.25) is 5.32 Å². The Bertz CT molecular complexity index is 586. The second-order valence-electron chi connectivity index (χ2n) is 5.38. The molecule has 1 aromatic carbocycles. The number of benzene rings is 1. The number of hydrogen-bond donors (Lipinski definition) is 1. The third-order valence-electron chi connectivity index (χ3n) is 2.24. The Hall–Kier alpha value is -2.44. The summed E-state index contributed by atoms with van der Waals surface area (Å²) in [6, 6.07) is 2.70. The van der Waals surface area contributed by atoms with Gasteiger partial charge in [-0.15, -0.1) is 0 Å². The lowest BCUT2D eigenvalue weighted by Crippen LogP contribution is -2.34. The van der Waals surface area contributed by atoms with Crippen LogP contribution in [-0.2, 0) is 14.3 Å². The molecule has 0 heterocycles. The van der Waals surface area contributed by atoms with Gasteiger partial charge in [0, 0.05) is 6.07 Å². The molecular weight excluding hydrogens is 296 g/mol. The molecule has 7 heteroatoms. The molecule has 0 aliphatic heterocycles. The molecule has 1 amide bonds. The maximum absolute atomic E-state index is 13.1. The Morgan fingerprint density at radius 2 is 1.68 bits per heavy atom. The summed E-state index contributed by atoms with van der Waals surface area (Å²) in [6.45, 7) is 4.95. The van der Waals surface area contributed by atoms with E-state index >= 15 is 0 Å². The van der Waals surface area contributed by atoms with Crippen LogP contribution in [0, 0.1) is 11.6 Å². The van der Waals surface area contributed by atoms with Gasteiger partial charge in [-0.05, 0) is 44.5 Å². The van der Waals surface area contributed by atoms with Crippen LogP contribution < -0.4 is 5.32 Å². The zero-order valence-corrected chi connectivity index (χ0v) is 12.7. The number of rotatable bonds is 3. The molecule has 0 aliphatic carbocycles. The van der Waals surface area contributed by atoms with Gasteiger partial charge in [0.1, 0.15) is 22.9 Å². The van der Waals surface area contributed by atoms with Crippen molar-refractivity contribution in [1.29, 1.82) is 0 Å². The molecular formula is C15H17F2NO4. The number of carbonyl (C=O) groups is 2. The van der Waals surface area contributed by atoms with E-state index in [1.54, 1.807) is 20.8 Å². The number of halogens is 2. The van der Waals surface area contributed by atoms with Crippen molar-refractivity contribution in [3.05, 3.63) is 41.1 Å². The Balaban J connectivity index is 3.05. The fraction of sp³-hybridized carbons (Fsp3) is 0.333. The van der Waals surface area contributed by atoms with Gasteiger partial charge in [-0.1, -0.05) is 0 Å². The summed E-state index contributed by atoms with van der Waals surface area (Å²) in [6.07, 6.45) is 0.197. The monoisotopic (exact) mass is 313 g/mol. The summed E-state index contributed by atoms with van der Waals surface area (Å²) in [5, 5.41) is 2.19. The van der Waals surface area contributed by atoms with Crippen molar-refractivity contribution in [2.45, 2.75) is 26.4 Å². The van der Waals surface area contributed by atoms with Crippen LogP contribution >= 0.6 is 0 Å². The summed E-state index contributed by atoms with van der Waals surface area (Å²) in [5.74, 6) is -2.50. The average molecular weight is 313 g/mol. The minimum absolute atomic E-state index is 0.0500. The number of nitrogens with one attached hydrogen (secondary N) is 1. The van der Waals surface area contributed by atoms with Gasteiger partial charge in [0.25, 0.3) is 0 Å². The normalized spacial score (nSPS) is 11.8. The average Bonchev–Trinajstić information content (AvgIpc) is 2.33. The molecule has 5 nitrogen and oxygen atoms in total. The summed E-state index contributed by atoms with van der Waals surface area (Å²) >= 11 is 0. The number of alkyl carbamates (subject to hydrolysis) is 1. The van der Waals surface area contributed by atoms with Crippen LogP contribution in [0.15, 0.2) is 23.9 Å². The predicted octanol–water partition coefficient (Wildman–Crippen LogP) is 3.00.